The number of fused-ring (bicyclic) bond motifs is 3. The van der Waals surface area contributed by atoms with E-state index in [1.54, 1.807) is 0 Å². The zero-order valence-corrected chi connectivity index (χ0v) is 9.74. The standard InChI is InChI=1S/C8H12BrI/c9-7-1-4-8(10,5-2-7)6-3-7/h1-6H2. The van der Waals surface area contributed by atoms with Crippen LogP contribution < -0.4 is 0 Å². The highest BCUT2D eigenvalue weighted by Crippen LogP contribution is 2.55. The van der Waals surface area contributed by atoms with Crippen LogP contribution in [0, 0.1) is 0 Å². The molecule has 0 unspecified atom stereocenters. The molecule has 0 heterocycles. The first-order valence-electron chi connectivity index (χ1n) is 4.00. The topological polar surface area (TPSA) is 0 Å². The van der Waals surface area contributed by atoms with Gasteiger partial charge < -0.3 is 0 Å². The molecule has 0 saturated heterocycles. The Morgan fingerprint density at radius 2 is 1.30 bits per heavy atom. The number of hydrogen-bond donors (Lipinski definition) is 0. The van der Waals surface area contributed by atoms with Gasteiger partial charge in [0, 0.05) is 7.75 Å². The maximum Gasteiger partial charge on any atom is 0.0259 e. The third kappa shape index (κ3) is 1.26. The second-order valence-electron chi connectivity index (χ2n) is 3.80. The van der Waals surface area contributed by atoms with E-state index in [9.17, 15) is 0 Å². The SMILES string of the molecule is BrC12CCC(I)(CC1)CC2. The van der Waals surface area contributed by atoms with Crippen LogP contribution >= 0.6 is 38.5 Å². The van der Waals surface area contributed by atoms with Gasteiger partial charge >= 0.3 is 0 Å². The Bertz CT molecular complexity index is 113. The van der Waals surface area contributed by atoms with E-state index in [0.29, 0.717) is 7.75 Å². The minimum atomic E-state index is 0.569. The molecular formula is C8H12BrI. The fourth-order valence-electron chi connectivity index (χ4n) is 2.09. The Morgan fingerprint density at radius 1 is 0.900 bits per heavy atom. The lowest BCUT2D eigenvalue weighted by Crippen LogP contribution is -2.42. The van der Waals surface area contributed by atoms with Crippen molar-refractivity contribution in [3.63, 3.8) is 0 Å². The summed E-state index contributed by atoms with van der Waals surface area (Å²) in [6, 6.07) is 0. The first-order valence-corrected chi connectivity index (χ1v) is 5.87. The molecule has 0 spiro atoms. The molecule has 3 saturated carbocycles. The molecule has 0 radical (unpaired) electrons. The van der Waals surface area contributed by atoms with E-state index in [1.165, 1.54) is 38.5 Å². The van der Waals surface area contributed by atoms with Crippen LogP contribution in [0.25, 0.3) is 0 Å². The molecule has 2 heteroatoms. The summed E-state index contributed by atoms with van der Waals surface area (Å²) in [5.74, 6) is 0. The van der Waals surface area contributed by atoms with Crippen molar-refractivity contribution >= 4 is 38.5 Å². The van der Waals surface area contributed by atoms with Crippen molar-refractivity contribution in [3.05, 3.63) is 0 Å². The van der Waals surface area contributed by atoms with Gasteiger partial charge in [0.2, 0.25) is 0 Å². The first kappa shape index (κ1) is 7.84. The van der Waals surface area contributed by atoms with Gasteiger partial charge in [-0.3, -0.25) is 0 Å². The van der Waals surface area contributed by atoms with Gasteiger partial charge in [-0.25, -0.2) is 0 Å². The van der Waals surface area contributed by atoms with E-state index in [4.69, 9.17) is 0 Å². The van der Waals surface area contributed by atoms with E-state index in [-0.39, 0.29) is 0 Å². The second-order valence-corrected chi connectivity index (χ2v) is 7.77. The summed E-state index contributed by atoms with van der Waals surface area (Å²) < 4.78 is 1.27. The smallest absolute Gasteiger partial charge is 0.0259 e. The average Bonchev–Trinajstić information content (AvgIpc) is 1.93. The van der Waals surface area contributed by atoms with Crippen LogP contribution in [0.2, 0.25) is 0 Å². The van der Waals surface area contributed by atoms with Crippen LogP contribution in [-0.4, -0.2) is 7.75 Å². The number of hydrogen-bond acceptors (Lipinski definition) is 0. The maximum absolute atomic E-state index is 3.85. The van der Waals surface area contributed by atoms with Gasteiger partial charge in [0.15, 0.2) is 0 Å². The molecule has 0 aromatic rings. The molecule has 3 fully saturated rings. The first-order chi connectivity index (χ1) is 4.62. The van der Waals surface area contributed by atoms with Crippen LogP contribution in [0.4, 0.5) is 0 Å². The number of alkyl halides is 2. The Kier molecular flexibility index (Phi) is 1.84. The van der Waals surface area contributed by atoms with Crippen LogP contribution in [0.15, 0.2) is 0 Å². The van der Waals surface area contributed by atoms with Crippen molar-refractivity contribution in [2.75, 3.05) is 0 Å². The third-order valence-corrected chi connectivity index (χ3v) is 5.87. The predicted octanol–water partition coefficient (Wildman–Crippen LogP) is 3.66. The van der Waals surface area contributed by atoms with Crippen LogP contribution in [-0.2, 0) is 0 Å². The lowest BCUT2D eigenvalue weighted by atomic mass is 9.71. The zero-order valence-electron chi connectivity index (χ0n) is 6.00. The van der Waals surface area contributed by atoms with Crippen molar-refractivity contribution in [1.29, 1.82) is 0 Å². The van der Waals surface area contributed by atoms with Gasteiger partial charge in [-0.2, -0.15) is 0 Å². The number of halogens is 2. The molecule has 0 aromatic carbocycles. The van der Waals surface area contributed by atoms with Gasteiger partial charge in [0.25, 0.3) is 0 Å². The average molecular weight is 315 g/mol. The maximum atomic E-state index is 3.85. The molecule has 3 rings (SSSR count). The lowest BCUT2D eigenvalue weighted by molar-refractivity contribution is 0.249. The van der Waals surface area contributed by atoms with E-state index in [2.05, 4.69) is 38.5 Å². The highest BCUT2D eigenvalue weighted by Gasteiger charge is 2.45. The van der Waals surface area contributed by atoms with Gasteiger partial charge in [-0.1, -0.05) is 38.5 Å². The molecule has 0 aliphatic heterocycles. The molecule has 0 atom stereocenters. The van der Waals surface area contributed by atoms with Gasteiger partial charge in [0.1, 0.15) is 0 Å². The fourth-order valence-corrected chi connectivity index (χ4v) is 3.50. The summed E-state index contributed by atoms with van der Waals surface area (Å²) in [7, 11) is 0. The summed E-state index contributed by atoms with van der Waals surface area (Å²) in [5.41, 5.74) is 0. The minimum Gasteiger partial charge on any atom is -0.0853 e. The highest BCUT2D eigenvalue weighted by atomic mass is 127. The normalized spacial score (nSPS) is 53.4. The van der Waals surface area contributed by atoms with Crippen molar-refractivity contribution in [1.82, 2.24) is 0 Å². The van der Waals surface area contributed by atoms with Crippen molar-refractivity contribution < 1.29 is 0 Å². The third-order valence-electron chi connectivity index (χ3n) is 3.06. The van der Waals surface area contributed by atoms with Crippen molar-refractivity contribution in [2.24, 2.45) is 0 Å². The lowest BCUT2D eigenvalue weighted by Gasteiger charge is -2.48. The fraction of sp³-hybridized carbons (Fsp3) is 1.00. The van der Waals surface area contributed by atoms with Crippen molar-refractivity contribution in [2.45, 2.75) is 46.3 Å². The summed E-state index contributed by atoms with van der Waals surface area (Å²) in [6.07, 6.45) is 8.57. The summed E-state index contributed by atoms with van der Waals surface area (Å²) in [6.45, 7) is 0. The largest absolute Gasteiger partial charge is 0.0853 e. The minimum absolute atomic E-state index is 0.569. The molecule has 2 bridgehead atoms. The summed E-state index contributed by atoms with van der Waals surface area (Å²) in [4.78, 5) is 0. The van der Waals surface area contributed by atoms with E-state index >= 15 is 0 Å². The molecule has 0 nitrogen and oxygen atoms in total. The Balaban J connectivity index is 2.16. The van der Waals surface area contributed by atoms with Gasteiger partial charge in [-0.15, -0.1) is 0 Å². The highest BCUT2D eigenvalue weighted by molar-refractivity contribution is 14.1. The Hall–Kier alpha value is 1.21. The molecule has 3 aliphatic carbocycles. The molecule has 58 valence electrons. The monoisotopic (exact) mass is 314 g/mol. The molecule has 3 aliphatic rings. The van der Waals surface area contributed by atoms with Crippen LogP contribution in [0.5, 0.6) is 0 Å². The molecule has 10 heavy (non-hydrogen) atoms. The second kappa shape index (κ2) is 2.35. The van der Waals surface area contributed by atoms with Gasteiger partial charge in [0.05, 0.1) is 0 Å². The van der Waals surface area contributed by atoms with E-state index in [1.807, 2.05) is 0 Å². The zero-order chi connectivity index (χ0) is 7.24. The van der Waals surface area contributed by atoms with Gasteiger partial charge in [-0.05, 0) is 38.5 Å². The quantitative estimate of drug-likeness (QED) is 0.473. The molecule has 0 amide bonds. The van der Waals surface area contributed by atoms with Crippen LogP contribution in [0.1, 0.15) is 38.5 Å². The molecule has 0 aromatic heterocycles. The van der Waals surface area contributed by atoms with E-state index < -0.39 is 0 Å². The van der Waals surface area contributed by atoms with Crippen molar-refractivity contribution in [3.8, 4) is 0 Å². The predicted molar refractivity (Wildman–Crippen MR) is 56.1 cm³/mol. The summed E-state index contributed by atoms with van der Waals surface area (Å²) in [5, 5.41) is 0. The Labute approximate surface area is 84.4 Å². The Morgan fingerprint density at radius 3 is 1.60 bits per heavy atom. The van der Waals surface area contributed by atoms with E-state index in [0.717, 1.165) is 0 Å². The molecular weight excluding hydrogens is 303 g/mol. The number of rotatable bonds is 0. The molecule has 0 N–H and O–H groups in total. The summed E-state index contributed by atoms with van der Waals surface area (Å²) >= 11 is 6.53. The van der Waals surface area contributed by atoms with Crippen LogP contribution in [0.3, 0.4) is 0 Å².